The van der Waals surface area contributed by atoms with Crippen LogP contribution in [-0.2, 0) is 0 Å². The minimum absolute atomic E-state index is 0.484. The highest BCUT2D eigenvalue weighted by Gasteiger charge is 2.14. The molecule has 3 rings (SSSR count). The molecule has 88 valence electrons. The standard InChI is InChI=1S/C13H8ClN3O/c14-10-4-2-9(3-5-10)12-11(8-18)13-15-6-1-7-17(13)16-12/h1-8H. The molecule has 3 aromatic rings. The van der Waals surface area contributed by atoms with Crippen molar-refractivity contribution < 1.29 is 4.79 Å². The summed E-state index contributed by atoms with van der Waals surface area (Å²) in [5.41, 5.74) is 2.49. The van der Waals surface area contributed by atoms with Crippen LogP contribution in [0.15, 0.2) is 42.7 Å². The van der Waals surface area contributed by atoms with Gasteiger partial charge in [-0.1, -0.05) is 23.7 Å². The summed E-state index contributed by atoms with van der Waals surface area (Å²) >= 11 is 5.84. The average molecular weight is 258 g/mol. The van der Waals surface area contributed by atoms with Crippen molar-refractivity contribution in [2.75, 3.05) is 0 Å². The van der Waals surface area contributed by atoms with Gasteiger partial charge in [0.15, 0.2) is 11.9 Å². The molecule has 0 bridgehead atoms. The molecule has 0 amide bonds. The smallest absolute Gasteiger partial charge is 0.166 e. The predicted octanol–water partition coefficient (Wildman–Crippen LogP) is 2.86. The number of fused-ring (bicyclic) bond motifs is 1. The lowest BCUT2D eigenvalue weighted by molar-refractivity contribution is 0.112. The van der Waals surface area contributed by atoms with Gasteiger partial charge in [-0.3, -0.25) is 4.79 Å². The van der Waals surface area contributed by atoms with Gasteiger partial charge in [-0.25, -0.2) is 9.50 Å². The molecule has 0 N–H and O–H groups in total. The van der Waals surface area contributed by atoms with Crippen LogP contribution in [0.4, 0.5) is 0 Å². The van der Waals surface area contributed by atoms with Gasteiger partial charge in [-0.2, -0.15) is 5.10 Å². The van der Waals surface area contributed by atoms with Crippen LogP contribution in [0.25, 0.3) is 16.9 Å². The molecule has 0 aliphatic rings. The van der Waals surface area contributed by atoms with Crippen molar-refractivity contribution in [3.05, 3.63) is 53.3 Å². The van der Waals surface area contributed by atoms with Crippen LogP contribution in [0.5, 0.6) is 0 Å². The number of hydrogen-bond acceptors (Lipinski definition) is 3. The van der Waals surface area contributed by atoms with Crippen LogP contribution in [-0.4, -0.2) is 20.9 Å². The molecule has 0 aliphatic heterocycles. The zero-order chi connectivity index (χ0) is 12.5. The van der Waals surface area contributed by atoms with Crippen molar-refractivity contribution in [3.63, 3.8) is 0 Å². The first-order valence-electron chi connectivity index (χ1n) is 5.34. The van der Waals surface area contributed by atoms with Gasteiger partial charge in [0.2, 0.25) is 0 Å². The fourth-order valence-electron chi connectivity index (χ4n) is 1.83. The molecule has 0 atom stereocenters. The Hall–Kier alpha value is -2.20. The highest BCUT2D eigenvalue weighted by Crippen LogP contribution is 2.24. The fourth-order valence-corrected chi connectivity index (χ4v) is 1.96. The maximum absolute atomic E-state index is 11.2. The van der Waals surface area contributed by atoms with Gasteiger partial charge < -0.3 is 0 Å². The van der Waals surface area contributed by atoms with Crippen LogP contribution < -0.4 is 0 Å². The SMILES string of the molecule is O=Cc1c(-c2ccc(Cl)cc2)nn2cccnc12. The topological polar surface area (TPSA) is 47.3 Å². The van der Waals surface area contributed by atoms with E-state index >= 15 is 0 Å². The van der Waals surface area contributed by atoms with Crippen molar-refractivity contribution in [1.29, 1.82) is 0 Å². The molecule has 0 aliphatic carbocycles. The summed E-state index contributed by atoms with van der Waals surface area (Å²) in [5.74, 6) is 0. The maximum atomic E-state index is 11.2. The minimum Gasteiger partial charge on any atom is -0.298 e. The van der Waals surface area contributed by atoms with Gasteiger partial charge >= 0.3 is 0 Å². The summed E-state index contributed by atoms with van der Waals surface area (Å²) < 4.78 is 1.59. The average Bonchev–Trinajstić information content (AvgIpc) is 2.78. The van der Waals surface area contributed by atoms with Crippen LogP contribution >= 0.6 is 11.6 Å². The second-order valence-corrected chi connectivity index (χ2v) is 4.21. The first-order chi connectivity index (χ1) is 8.79. The second kappa shape index (κ2) is 4.23. The largest absolute Gasteiger partial charge is 0.298 e. The van der Waals surface area contributed by atoms with E-state index in [-0.39, 0.29) is 0 Å². The van der Waals surface area contributed by atoms with Crippen molar-refractivity contribution in [1.82, 2.24) is 14.6 Å². The molecule has 0 radical (unpaired) electrons. The first-order valence-corrected chi connectivity index (χ1v) is 5.72. The van der Waals surface area contributed by atoms with Crippen LogP contribution in [0, 0.1) is 0 Å². The zero-order valence-corrected chi connectivity index (χ0v) is 10.0. The molecule has 4 nitrogen and oxygen atoms in total. The number of benzene rings is 1. The normalized spacial score (nSPS) is 10.7. The van der Waals surface area contributed by atoms with Crippen LogP contribution in [0.3, 0.4) is 0 Å². The Bertz CT molecular complexity index is 719. The van der Waals surface area contributed by atoms with Gasteiger partial charge in [0.25, 0.3) is 0 Å². The van der Waals surface area contributed by atoms with Crippen molar-refractivity contribution in [2.45, 2.75) is 0 Å². The van der Waals surface area contributed by atoms with E-state index < -0.39 is 0 Å². The summed E-state index contributed by atoms with van der Waals surface area (Å²) in [5, 5.41) is 5.01. The van der Waals surface area contributed by atoms with Gasteiger partial charge in [-0.15, -0.1) is 0 Å². The quantitative estimate of drug-likeness (QED) is 0.663. The second-order valence-electron chi connectivity index (χ2n) is 3.77. The summed E-state index contributed by atoms with van der Waals surface area (Å²) in [6, 6.07) is 8.96. The summed E-state index contributed by atoms with van der Waals surface area (Å²) in [7, 11) is 0. The number of carbonyl (C=O) groups excluding carboxylic acids is 1. The minimum atomic E-state index is 0.484. The van der Waals surface area contributed by atoms with Crippen molar-refractivity contribution >= 4 is 23.5 Å². The van der Waals surface area contributed by atoms with Gasteiger partial charge in [0.05, 0.1) is 5.56 Å². The monoisotopic (exact) mass is 257 g/mol. The molecule has 0 saturated carbocycles. The van der Waals surface area contributed by atoms with Gasteiger partial charge in [0.1, 0.15) is 5.69 Å². The Balaban J connectivity index is 2.28. The van der Waals surface area contributed by atoms with E-state index in [1.165, 1.54) is 0 Å². The molecule has 18 heavy (non-hydrogen) atoms. The molecule has 2 aromatic heterocycles. The Morgan fingerprint density at radius 3 is 2.72 bits per heavy atom. The molecule has 5 heteroatoms. The van der Waals surface area contributed by atoms with Crippen molar-refractivity contribution in [2.24, 2.45) is 0 Å². The van der Waals surface area contributed by atoms with E-state index in [2.05, 4.69) is 10.1 Å². The summed E-state index contributed by atoms with van der Waals surface area (Å²) in [6.45, 7) is 0. The molecule has 0 fully saturated rings. The van der Waals surface area contributed by atoms with Gasteiger partial charge in [0, 0.05) is 23.0 Å². The van der Waals surface area contributed by atoms with E-state index in [0.717, 1.165) is 11.8 Å². The third kappa shape index (κ3) is 1.67. The molecule has 2 heterocycles. The molecule has 0 spiro atoms. The Kier molecular flexibility index (Phi) is 2.57. The number of hydrogen-bond donors (Lipinski definition) is 0. The van der Waals surface area contributed by atoms with Gasteiger partial charge in [-0.05, 0) is 18.2 Å². The van der Waals surface area contributed by atoms with Crippen molar-refractivity contribution in [3.8, 4) is 11.3 Å². The number of nitrogens with zero attached hydrogens (tertiary/aromatic N) is 3. The maximum Gasteiger partial charge on any atom is 0.166 e. The fraction of sp³-hybridized carbons (Fsp3) is 0. The number of rotatable bonds is 2. The number of aromatic nitrogens is 3. The lowest BCUT2D eigenvalue weighted by Crippen LogP contribution is -1.88. The first kappa shape index (κ1) is 10.9. The zero-order valence-electron chi connectivity index (χ0n) is 9.25. The predicted molar refractivity (Wildman–Crippen MR) is 68.8 cm³/mol. The van der Waals surface area contributed by atoms with E-state index in [4.69, 9.17) is 11.6 Å². The number of carbonyl (C=O) groups is 1. The Morgan fingerprint density at radius 2 is 2.00 bits per heavy atom. The molecule has 0 saturated heterocycles. The van der Waals surface area contributed by atoms with E-state index in [9.17, 15) is 4.79 Å². The highest BCUT2D eigenvalue weighted by atomic mass is 35.5. The molecular formula is C13H8ClN3O. The molecule has 1 aromatic carbocycles. The van der Waals surface area contributed by atoms with E-state index in [1.54, 1.807) is 35.1 Å². The Morgan fingerprint density at radius 1 is 1.22 bits per heavy atom. The number of aldehydes is 1. The number of halogens is 1. The van der Waals surface area contributed by atoms with E-state index in [1.807, 2.05) is 12.1 Å². The van der Waals surface area contributed by atoms with Crippen LogP contribution in [0.1, 0.15) is 10.4 Å². The lowest BCUT2D eigenvalue weighted by atomic mass is 10.1. The third-order valence-corrected chi connectivity index (χ3v) is 2.92. The van der Waals surface area contributed by atoms with Crippen LogP contribution in [0.2, 0.25) is 5.02 Å². The lowest BCUT2D eigenvalue weighted by Gasteiger charge is -1.97. The summed E-state index contributed by atoms with van der Waals surface area (Å²) in [4.78, 5) is 15.4. The van der Waals surface area contributed by atoms with E-state index in [0.29, 0.717) is 21.9 Å². The highest BCUT2D eigenvalue weighted by molar-refractivity contribution is 6.30. The third-order valence-electron chi connectivity index (χ3n) is 2.67. The summed E-state index contributed by atoms with van der Waals surface area (Å²) in [6.07, 6.45) is 4.17. The molecular weight excluding hydrogens is 250 g/mol. The Labute approximate surface area is 108 Å². The molecule has 0 unspecified atom stereocenters.